The summed E-state index contributed by atoms with van der Waals surface area (Å²) in [5.74, 6) is 1.11. The molecule has 3 heterocycles. The minimum Gasteiger partial charge on any atom is -0.492 e. The van der Waals surface area contributed by atoms with E-state index in [1.807, 2.05) is 35.4 Å². The molecule has 0 aliphatic carbocycles. The van der Waals surface area contributed by atoms with Gasteiger partial charge in [-0.25, -0.2) is 4.98 Å². The van der Waals surface area contributed by atoms with Crippen molar-refractivity contribution in [3.05, 3.63) is 35.3 Å². The highest BCUT2D eigenvalue weighted by atomic mass is 32.1. The Morgan fingerprint density at radius 1 is 1.17 bits per heavy atom. The summed E-state index contributed by atoms with van der Waals surface area (Å²) in [5.41, 5.74) is 1.83. The minimum atomic E-state index is 0.0901. The van der Waals surface area contributed by atoms with E-state index in [1.54, 1.807) is 4.90 Å². The largest absolute Gasteiger partial charge is 0.492 e. The van der Waals surface area contributed by atoms with Crippen LogP contribution in [0.25, 0.3) is 0 Å². The van der Waals surface area contributed by atoms with E-state index in [1.165, 1.54) is 11.3 Å². The second kappa shape index (κ2) is 8.82. The van der Waals surface area contributed by atoms with Gasteiger partial charge in [0.2, 0.25) is 11.8 Å². The first-order valence-electron chi connectivity index (χ1n) is 10.1. The van der Waals surface area contributed by atoms with Crippen molar-refractivity contribution in [1.82, 2.24) is 9.88 Å². The van der Waals surface area contributed by atoms with Crippen LogP contribution in [0.1, 0.15) is 25.5 Å². The number of thiazole rings is 1. The van der Waals surface area contributed by atoms with Gasteiger partial charge in [-0.2, -0.15) is 0 Å². The summed E-state index contributed by atoms with van der Waals surface area (Å²) in [6, 6.07) is 8.05. The maximum Gasteiger partial charge on any atom is 0.228 e. The van der Waals surface area contributed by atoms with Gasteiger partial charge in [0.15, 0.2) is 5.13 Å². The molecule has 2 saturated heterocycles. The first-order valence-corrected chi connectivity index (χ1v) is 11.0. The highest BCUT2D eigenvalue weighted by Gasteiger charge is 2.26. The standard InChI is InChI=1S/C21H26N4O3S/c1-2-28-18-7-4-3-6-17(18)23-10-12-24(13-11-23)20(27)14-16-15-29-21(22-16)25-9-5-8-19(25)26/h3-4,6-7,15H,2,5,8-14H2,1H3. The fourth-order valence-electron chi connectivity index (χ4n) is 3.81. The number of para-hydroxylation sites is 2. The van der Waals surface area contributed by atoms with Crippen LogP contribution in [-0.2, 0) is 16.0 Å². The van der Waals surface area contributed by atoms with Crippen LogP contribution >= 0.6 is 11.3 Å². The SMILES string of the molecule is CCOc1ccccc1N1CCN(C(=O)Cc2csc(N3CCCC3=O)n2)CC1. The lowest BCUT2D eigenvalue weighted by atomic mass is 10.2. The predicted molar refractivity (Wildman–Crippen MR) is 114 cm³/mol. The van der Waals surface area contributed by atoms with Gasteiger partial charge < -0.3 is 14.5 Å². The number of aromatic nitrogens is 1. The Balaban J connectivity index is 1.33. The second-order valence-electron chi connectivity index (χ2n) is 7.22. The highest BCUT2D eigenvalue weighted by molar-refractivity contribution is 7.14. The van der Waals surface area contributed by atoms with Gasteiger partial charge in [0.05, 0.1) is 24.4 Å². The lowest BCUT2D eigenvalue weighted by Crippen LogP contribution is -2.49. The molecule has 0 atom stereocenters. The molecular weight excluding hydrogens is 388 g/mol. The Bertz CT molecular complexity index is 876. The molecule has 8 heteroatoms. The normalized spacial score (nSPS) is 17.1. The molecule has 4 rings (SSSR count). The predicted octanol–water partition coefficient (Wildman–Crippen LogP) is 2.56. The van der Waals surface area contributed by atoms with Crippen molar-refractivity contribution in [2.75, 3.05) is 49.1 Å². The number of rotatable bonds is 6. The van der Waals surface area contributed by atoms with E-state index in [-0.39, 0.29) is 18.2 Å². The molecule has 0 spiro atoms. The van der Waals surface area contributed by atoms with E-state index in [0.29, 0.717) is 31.2 Å². The van der Waals surface area contributed by atoms with Crippen LogP contribution in [0.5, 0.6) is 5.75 Å². The zero-order chi connectivity index (χ0) is 20.2. The van der Waals surface area contributed by atoms with Crippen LogP contribution in [0, 0.1) is 0 Å². The van der Waals surface area contributed by atoms with Crippen LogP contribution in [0.4, 0.5) is 10.8 Å². The van der Waals surface area contributed by atoms with Gasteiger partial charge in [-0.15, -0.1) is 11.3 Å². The van der Waals surface area contributed by atoms with E-state index in [2.05, 4.69) is 16.0 Å². The minimum absolute atomic E-state index is 0.0901. The lowest BCUT2D eigenvalue weighted by Gasteiger charge is -2.36. The molecule has 2 aliphatic heterocycles. The summed E-state index contributed by atoms with van der Waals surface area (Å²) < 4.78 is 5.74. The number of ether oxygens (including phenoxy) is 1. The molecule has 29 heavy (non-hydrogen) atoms. The quantitative estimate of drug-likeness (QED) is 0.727. The van der Waals surface area contributed by atoms with Gasteiger partial charge in [-0.05, 0) is 25.5 Å². The average Bonchev–Trinajstić information content (AvgIpc) is 3.37. The van der Waals surface area contributed by atoms with Crippen molar-refractivity contribution < 1.29 is 14.3 Å². The van der Waals surface area contributed by atoms with Crippen molar-refractivity contribution >= 4 is 34.0 Å². The lowest BCUT2D eigenvalue weighted by molar-refractivity contribution is -0.130. The van der Waals surface area contributed by atoms with Crippen LogP contribution in [0.2, 0.25) is 0 Å². The van der Waals surface area contributed by atoms with Crippen molar-refractivity contribution in [3.63, 3.8) is 0 Å². The summed E-state index contributed by atoms with van der Waals surface area (Å²) in [6.45, 7) is 6.26. The van der Waals surface area contributed by atoms with Crippen LogP contribution in [0.3, 0.4) is 0 Å². The molecule has 0 unspecified atom stereocenters. The van der Waals surface area contributed by atoms with E-state index in [0.717, 1.165) is 43.2 Å². The van der Waals surface area contributed by atoms with Gasteiger partial charge in [-0.1, -0.05) is 12.1 Å². The first-order chi connectivity index (χ1) is 14.2. The molecule has 0 bridgehead atoms. The van der Waals surface area contributed by atoms with Gasteiger partial charge >= 0.3 is 0 Å². The van der Waals surface area contributed by atoms with Crippen molar-refractivity contribution in [3.8, 4) is 5.75 Å². The van der Waals surface area contributed by atoms with E-state index in [9.17, 15) is 9.59 Å². The highest BCUT2D eigenvalue weighted by Crippen LogP contribution is 2.29. The van der Waals surface area contributed by atoms with Gasteiger partial charge in [0, 0.05) is 44.5 Å². The molecule has 1 aromatic heterocycles. The number of hydrogen-bond acceptors (Lipinski definition) is 6. The number of carbonyl (C=O) groups is 2. The molecule has 7 nitrogen and oxygen atoms in total. The van der Waals surface area contributed by atoms with E-state index in [4.69, 9.17) is 4.74 Å². The summed E-state index contributed by atoms with van der Waals surface area (Å²) in [7, 11) is 0. The number of amides is 2. The molecule has 2 aromatic rings. The Morgan fingerprint density at radius 2 is 1.97 bits per heavy atom. The first kappa shape index (κ1) is 19.7. The fourth-order valence-corrected chi connectivity index (χ4v) is 4.68. The number of anilines is 2. The molecular formula is C21H26N4O3S. The average molecular weight is 415 g/mol. The van der Waals surface area contributed by atoms with Gasteiger partial charge in [-0.3, -0.25) is 14.5 Å². The Hall–Kier alpha value is -2.61. The summed E-state index contributed by atoms with van der Waals surface area (Å²) >= 11 is 1.44. The van der Waals surface area contributed by atoms with Gasteiger partial charge in [0.25, 0.3) is 0 Å². The van der Waals surface area contributed by atoms with E-state index >= 15 is 0 Å². The number of piperazine rings is 1. The second-order valence-corrected chi connectivity index (χ2v) is 8.05. The zero-order valence-electron chi connectivity index (χ0n) is 16.7. The topological polar surface area (TPSA) is 66.0 Å². The molecule has 2 amide bonds. The van der Waals surface area contributed by atoms with Crippen molar-refractivity contribution in [1.29, 1.82) is 0 Å². The number of hydrogen-bond donors (Lipinski definition) is 0. The van der Waals surface area contributed by atoms with E-state index < -0.39 is 0 Å². The summed E-state index contributed by atoms with van der Waals surface area (Å²) in [5, 5.41) is 2.61. The number of nitrogens with zero attached hydrogens (tertiary/aromatic N) is 4. The van der Waals surface area contributed by atoms with Crippen molar-refractivity contribution in [2.24, 2.45) is 0 Å². The summed E-state index contributed by atoms with van der Waals surface area (Å²) in [4.78, 5) is 35.0. The smallest absolute Gasteiger partial charge is 0.228 e. The third-order valence-electron chi connectivity index (χ3n) is 5.31. The van der Waals surface area contributed by atoms with Crippen LogP contribution in [0.15, 0.2) is 29.6 Å². The third kappa shape index (κ3) is 4.37. The third-order valence-corrected chi connectivity index (χ3v) is 6.23. The Kier molecular flexibility index (Phi) is 5.99. The Morgan fingerprint density at radius 3 is 2.69 bits per heavy atom. The number of benzene rings is 1. The molecule has 154 valence electrons. The molecule has 2 fully saturated rings. The van der Waals surface area contributed by atoms with Gasteiger partial charge in [0.1, 0.15) is 5.75 Å². The number of carbonyl (C=O) groups excluding carboxylic acids is 2. The monoisotopic (exact) mass is 414 g/mol. The van der Waals surface area contributed by atoms with Crippen molar-refractivity contribution in [2.45, 2.75) is 26.2 Å². The molecule has 0 saturated carbocycles. The Labute approximate surface area is 174 Å². The maximum atomic E-state index is 12.7. The zero-order valence-corrected chi connectivity index (χ0v) is 17.5. The van der Waals surface area contributed by atoms with Crippen LogP contribution < -0.4 is 14.5 Å². The molecule has 0 radical (unpaired) electrons. The van der Waals surface area contributed by atoms with Crippen LogP contribution in [-0.4, -0.2) is 61.0 Å². The fraction of sp³-hybridized carbons (Fsp3) is 0.476. The summed E-state index contributed by atoms with van der Waals surface area (Å²) in [6.07, 6.45) is 1.75. The maximum absolute atomic E-state index is 12.7. The molecule has 1 aromatic carbocycles. The molecule has 2 aliphatic rings. The molecule has 0 N–H and O–H groups in total.